The second kappa shape index (κ2) is 4.51. The van der Waals surface area contributed by atoms with Crippen molar-refractivity contribution >= 4 is 21.4 Å². The highest BCUT2D eigenvalue weighted by molar-refractivity contribution is 7.91. The van der Waals surface area contributed by atoms with Gasteiger partial charge in [0.2, 0.25) is 0 Å². The Kier molecular flexibility index (Phi) is 3.37. The normalized spacial score (nSPS) is 22.4. The summed E-state index contributed by atoms with van der Waals surface area (Å²) in [6.07, 6.45) is 1.65. The fourth-order valence-corrected chi connectivity index (χ4v) is 4.27. The molecule has 0 spiro atoms. The summed E-state index contributed by atoms with van der Waals surface area (Å²) in [4.78, 5) is 13.5. The Morgan fingerprint density at radius 3 is 2.53 bits per heavy atom. The van der Waals surface area contributed by atoms with Crippen LogP contribution in [0.2, 0.25) is 0 Å². The summed E-state index contributed by atoms with van der Waals surface area (Å²) >= 11 is 0.882. The predicted molar refractivity (Wildman–Crippen MR) is 65.8 cm³/mol. The maximum atomic E-state index is 11.4. The molecule has 0 unspecified atom stereocenters. The topological polar surface area (TPSA) is 106 Å². The molecule has 96 valence electrons. The molecule has 2 heterocycles. The lowest BCUT2D eigenvalue weighted by molar-refractivity contribution is 0.259. The average molecular weight is 277 g/mol. The van der Waals surface area contributed by atoms with Gasteiger partial charge in [0.05, 0.1) is 11.5 Å². The van der Waals surface area contributed by atoms with E-state index in [0.29, 0.717) is 31.6 Å². The van der Waals surface area contributed by atoms with Crippen LogP contribution in [0.3, 0.4) is 0 Å². The van der Waals surface area contributed by atoms with Gasteiger partial charge in [0.25, 0.3) is 0 Å². The number of nitrogens with one attached hydrogen (secondary N) is 1. The minimum absolute atomic E-state index is 0.179. The van der Waals surface area contributed by atoms with Gasteiger partial charge in [-0.1, -0.05) is 0 Å². The fraction of sp³-hybridized carbons (Fsp3) is 0.778. The van der Waals surface area contributed by atoms with E-state index in [-0.39, 0.29) is 21.8 Å². The van der Waals surface area contributed by atoms with Crippen LogP contribution in [-0.4, -0.2) is 35.8 Å². The maximum absolute atomic E-state index is 11.4. The second-order valence-corrected chi connectivity index (χ2v) is 7.61. The molecule has 1 aromatic rings. The molecule has 0 radical (unpaired) electrons. The number of nitrogens with two attached hydrogens (primary N) is 1. The Hall–Kier alpha value is -0.730. The summed E-state index contributed by atoms with van der Waals surface area (Å²) < 4.78 is 26.8. The van der Waals surface area contributed by atoms with Crippen molar-refractivity contribution < 1.29 is 8.42 Å². The minimum atomic E-state index is -2.90. The van der Waals surface area contributed by atoms with Crippen LogP contribution in [0.15, 0.2) is 4.79 Å². The molecule has 1 fully saturated rings. The smallest absolute Gasteiger partial charge is 0.323 e. The van der Waals surface area contributed by atoms with Crippen molar-refractivity contribution in [2.45, 2.75) is 19.3 Å². The van der Waals surface area contributed by atoms with Gasteiger partial charge in [0, 0.05) is 18.0 Å². The molecule has 0 aliphatic carbocycles. The number of hydrogen-bond donors (Lipinski definition) is 2. The zero-order valence-electron chi connectivity index (χ0n) is 9.31. The third kappa shape index (κ3) is 2.93. The molecular weight excluding hydrogens is 262 g/mol. The predicted octanol–water partition coefficient (Wildman–Crippen LogP) is -0.472. The van der Waals surface area contributed by atoms with Crippen molar-refractivity contribution in [1.29, 1.82) is 0 Å². The van der Waals surface area contributed by atoms with E-state index in [1.165, 1.54) is 0 Å². The van der Waals surface area contributed by atoms with Crippen LogP contribution >= 0.6 is 11.5 Å². The van der Waals surface area contributed by atoms with Crippen molar-refractivity contribution in [2.75, 3.05) is 18.1 Å². The molecule has 0 bridgehead atoms. The molecule has 1 aliphatic rings. The van der Waals surface area contributed by atoms with Crippen LogP contribution in [0.1, 0.15) is 18.7 Å². The molecule has 3 N–H and O–H groups in total. The van der Waals surface area contributed by atoms with Gasteiger partial charge < -0.3 is 5.73 Å². The molecule has 1 saturated heterocycles. The lowest BCUT2D eigenvalue weighted by atomic mass is 9.79. The third-order valence-electron chi connectivity index (χ3n) is 3.35. The lowest BCUT2D eigenvalue weighted by Crippen LogP contribution is -2.41. The number of nitrogens with zero attached hydrogens (tertiary/aromatic N) is 1. The van der Waals surface area contributed by atoms with Crippen LogP contribution in [0.25, 0.3) is 0 Å². The highest BCUT2D eigenvalue weighted by Gasteiger charge is 2.37. The van der Waals surface area contributed by atoms with E-state index in [2.05, 4.69) is 9.36 Å². The summed E-state index contributed by atoms with van der Waals surface area (Å²) in [5.74, 6) is 0.974. The Balaban J connectivity index is 2.14. The van der Waals surface area contributed by atoms with Crippen molar-refractivity contribution in [3.8, 4) is 0 Å². The first-order chi connectivity index (χ1) is 7.95. The first-order valence-electron chi connectivity index (χ1n) is 5.40. The molecular formula is C9H15N3O3S2. The van der Waals surface area contributed by atoms with Gasteiger partial charge in [-0.05, 0) is 24.8 Å². The van der Waals surface area contributed by atoms with E-state index in [4.69, 9.17) is 5.73 Å². The SMILES string of the molecule is NCC1(Cc2nsc(=O)[nH]2)CCS(=O)(=O)CC1. The zero-order chi connectivity index (χ0) is 12.5. The van der Waals surface area contributed by atoms with E-state index in [9.17, 15) is 13.2 Å². The zero-order valence-corrected chi connectivity index (χ0v) is 10.9. The van der Waals surface area contributed by atoms with Crippen molar-refractivity contribution in [3.05, 3.63) is 15.5 Å². The number of aromatic nitrogens is 2. The van der Waals surface area contributed by atoms with Crippen LogP contribution in [0, 0.1) is 5.41 Å². The van der Waals surface area contributed by atoms with Gasteiger partial charge in [-0.3, -0.25) is 9.78 Å². The number of sulfone groups is 1. The molecule has 6 nitrogen and oxygen atoms in total. The van der Waals surface area contributed by atoms with Gasteiger partial charge in [0.15, 0.2) is 0 Å². The van der Waals surface area contributed by atoms with Crippen molar-refractivity contribution in [2.24, 2.45) is 11.1 Å². The second-order valence-electron chi connectivity index (χ2n) is 4.57. The first-order valence-corrected chi connectivity index (χ1v) is 8.00. The molecule has 8 heteroatoms. The number of aromatic amines is 1. The average Bonchev–Trinajstić information content (AvgIpc) is 2.68. The van der Waals surface area contributed by atoms with E-state index >= 15 is 0 Å². The highest BCUT2D eigenvalue weighted by Crippen LogP contribution is 2.34. The van der Waals surface area contributed by atoms with Crippen molar-refractivity contribution in [1.82, 2.24) is 9.36 Å². The van der Waals surface area contributed by atoms with E-state index in [0.717, 1.165) is 11.5 Å². The van der Waals surface area contributed by atoms with E-state index in [1.807, 2.05) is 0 Å². The molecule has 0 saturated carbocycles. The highest BCUT2D eigenvalue weighted by atomic mass is 32.2. The Labute approximate surface area is 103 Å². The van der Waals surface area contributed by atoms with Crippen molar-refractivity contribution in [3.63, 3.8) is 0 Å². The summed E-state index contributed by atoms with van der Waals surface area (Å²) in [6, 6.07) is 0. The van der Waals surface area contributed by atoms with Crippen LogP contribution in [-0.2, 0) is 16.3 Å². The van der Waals surface area contributed by atoms with Crippen LogP contribution < -0.4 is 10.6 Å². The van der Waals surface area contributed by atoms with Gasteiger partial charge in [-0.15, -0.1) is 0 Å². The van der Waals surface area contributed by atoms with E-state index in [1.54, 1.807) is 0 Å². The van der Waals surface area contributed by atoms with E-state index < -0.39 is 9.84 Å². The Morgan fingerprint density at radius 1 is 1.41 bits per heavy atom. The first kappa shape index (κ1) is 12.7. The summed E-state index contributed by atoms with van der Waals surface area (Å²) in [5, 5.41) is 0. The van der Waals surface area contributed by atoms with Crippen LogP contribution in [0.4, 0.5) is 0 Å². The molecule has 17 heavy (non-hydrogen) atoms. The van der Waals surface area contributed by atoms with Crippen LogP contribution in [0.5, 0.6) is 0 Å². The molecule has 0 amide bonds. The van der Waals surface area contributed by atoms with Gasteiger partial charge in [-0.25, -0.2) is 8.42 Å². The number of hydrogen-bond acceptors (Lipinski definition) is 6. The standard InChI is InChI=1S/C9H15N3O3S2/c10-6-9(1-3-17(14,15)4-2-9)5-7-11-8(13)16-12-7/h1-6,10H2,(H,11,12,13). The molecule has 0 aromatic carbocycles. The summed E-state index contributed by atoms with van der Waals surface area (Å²) in [7, 11) is -2.90. The fourth-order valence-electron chi connectivity index (χ4n) is 2.12. The largest absolute Gasteiger partial charge is 0.330 e. The molecule has 1 aromatic heterocycles. The molecule has 0 atom stereocenters. The van der Waals surface area contributed by atoms with Gasteiger partial charge in [0.1, 0.15) is 15.7 Å². The summed E-state index contributed by atoms with van der Waals surface area (Å²) in [5.41, 5.74) is 5.54. The van der Waals surface area contributed by atoms with Gasteiger partial charge in [-0.2, -0.15) is 4.37 Å². The Bertz CT molecular complexity index is 532. The molecule has 1 aliphatic heterocycles. The molecule has 2 rings (SSSR count). The number of rotatable bonds is 3. The Morgan fingerprint density at radius 2 is 2.06 bits per heavy atom. The summed E-state index contributed by atoms with van der Waals surface area (Å²) in [6.45, 7) is 0.419. The number of H-pyrrole nitrogens is 1. The maximum Gasteiger partial charge on any atom is 0.323 e. The monoisotopic (exact) mass is 277 g/mol. The van der Waals surface area contributed by atoms with Gasteiger partial charge >= 0.3 is 4.87 Å². The minimum Gasteiger partial charge on any atom is -0.330 e. The quantitative estimate of drug-likeness (QED) is 0.776. The third-order valence-corrected chi connectivity index (χ3v) is 5.58. The lowest BCUT2D eigenvalue weighted by Gasteiger charge is -2.35.